The first-order valence-corrected chi connectivity index (χ1v) is 6.24. The number of nitrogens with one attached hydrogen (secondary N) is 2. The largest absolute Gasteiger partial charge is 0.348 e. The van der Waals surface area contributed by atoms with E-state index in [2.05, 4.69) is 34.0 Å². The van der Waals surface area contributed by atoms with Gasteiger partial charge in [0, 0.05) is 29.7 Å². The highest BCUT2D eigenvalue weighted by molar-refractivity contribution is 8.00. The van der Waals surface area contributed by atoms with E-state index in [9.17, 15) is 0 Å². The molecule has 0 bridgehead atoms. The smallest absolute Gasteiger partial charge is 0.0926 e. The topological polar surface area (TPSA) is 40.7 Å². The minimum Gasteiger partial charge on any atom is -0.348 e. The third kappa shape index (κ3) is 1.13. The Labute approximate surface area is 88.1 Å². The molecule has 2 aliphatic rings. The molecule has 14 heavy (non-hydrogen) atoms. The number of hydrogen-bond donors (Lipinski definition) is 2. The summed E-state index contributed by atoms with van der Waals surface area (Å²) in [4.78, 5) is 7.76. The van der Waals surface area contributed by atoms with Crippen LogP contribution >= 0.6 is 11.8 Å². The van der Waals surface area contributed by atoms with Gasteiger partial charge < -0.3 is 10.3 Å². The van der Waals surface area contributed by atoms with E-state index in [1.165, 1.54) is 23.6 Å². The van der Waals surface area contributed by atoms with Crippen molar-refractivity contribution in [3.8, 4) is 0 Å². The summed E-state index contributed by atoms with van der Waals surface area (Å²) in [5, 5.41) is 4.42. The van der Waals surface area contributed by atoms with Crippen LogP contribution in [0.2, 0.25) is 0 Å². The lowest BCUT2D eigenvalue weighted by Crippen LogP contribution is -2.48. The molecule has 0 aromatic carbocycles. The number of aromatic nitrogens is 2. The van der Waals surface area contributed by atoms with E-state index in [-0.39, 0.29) is 5.54 Å². The standard InChI is InChI=1S/C10H15N3S/c1-7-4-10(5-14-7)9-8(2-3-13-10)11-6-12-9/h6-7,13H,2-5H2,1H3,(H,11,12). The molecule has 0 amide bonds. The molecule has 1 fully saturated rings. The summed E-state index contributed by atoms with van der Waals surface area (Å²) in [6, 6.07) is 0. The van der Waals surface area contributed by atoms with Gasteiger partial charge in [-0.3, -0.25) is 0 Å². The zero-order valence-corrected chi connectivity index (χ0v) is 9.16. The third-order valence-electron chi connectivity index (χ3n) is 3.26. The fraction of sp³-hybridized carbons (Fsp3) is 0.700. The lowest BCUT2D eigenvalue weighted by Gasteiger charge is -2.33. The number of H-pyrrole nitrogens is 1. The van der Waals surface area contributed by atoms with Crippen LogP contribution in [0.3, 0.4) is 0 Å². The fourth-order valence-electron chi connectivity index (χ4n) is 2.62. The van der Waals surface area contributed by atoms with E-state index >= 15 is 0 Å². The normalized spacial score (nSPS) is 36.2. The minimum absolute atomic E-state index is 0.178. The molecule has 0 aliphatic carbocycles. The summed E-state index contributed by atoms with van der Waals surface area (Å²) in [6.07, 6.45) is 4.15. The maximum atomic E-state index is 4.50. The zero-order valence-electron chi connectivity index (χ0n) is 8.34. The number of thioether (sulfide) groups is 1. The molecule has 0 saturated carbocycles. The molecule has 1 aromatic heterocycles. The van der Waals surface area contributed by atoms with Crippen molar-refractivity contribution < 1.29 is 0 Å². The van der Waals surface area contributed by atoms with Crippen molar-refractivity contribution in [3.05, 3.63) is 17.7 Å². The van der Waals surface area contributed by atoms with Crippen LogP contribution in [0, 0.1) is 0 Å². The highest BCUT2D eigenvalue weighted by Gasteiger charge is 2.43. The lowest BCUT2D eigenvalue weighted by atomic mass is 9.87. The highest BCUT2D eigenvalue weighted by atomic mass is 32.2. The van der Waals surface area contributed by atoms with Crippen molar-refractivity contribution in [2.75, 3.05) is 12.3 Å². The predicted molar refractivity (Wildman–Crippen MR) is 58.5 cm³/mol. The van der Waals surface area contributed by atoms with Crippen LogP contribution < -0.4 is 5.32 Å². The van der Waals surface area contributed by atoms with Crippen LogP contribution in [-0.4, -0.2) is 27.5 Å². The molecule has 76 valence electrons. The zero-order chi connectivity index (χ0) is 9.60. The molecular formula is C10H15N3S. The number of imidazole rings is 1. The van der Waals surface area contributed by atoms with Gasteiger partial charge >= 0.3 is 0 Å². The monoisotopic (exact) mass is 209 g/mol. The van der Waals surface area contributed by atoms with Gasteiger partial charge in [-0.15, -0.1) is 0 Å². The second kappa shape index (κ2) is 3.00. The molecule has 2 aliphatic heterocycles. The average Bonchev–Trinajstić information content (AvgIpc) is 2.75. The number of hydrogen-bond acceptors (Lipinski definition) is 3. The molecule has 2 unspecified atom stereocenters. The van der Waals surface area contributed by atoms with Gasteiger partial charge in [0.25, 0.3) is 0 Å². The second-order valence-corrected chi connectivity index (χ2v) is 5.74. The van der Waals surface area contributed by atoms with Crippen molar-refractivity contribution in [3.63, 3.8) is 0 Å². The van der Waals surface area contributed by atoms with E-state index in [1.807, 2.05) is 6.33 Å². The first-order chi connectivity index (χ1) is 6.80. The Morgan fingerprint density at radius 2 is 2.57 bits per heavy atom. The number of fused-ring (bicyclic) bond motifs is 2. The van der Waals surface area contributed by atoms with E-state index in [0.717, 1.165) is 18.2 Å². The van der Waals surface area contributed by atoms with E-state index < -0.39 is 0 Å². The van der Waals surface area contributed by atoms with Gasteiger partial charge in [0.2, 0.25) is 0 Å². The van der Waals surface area contributed by atoms with Crippen LogP contribution in [-0.2, 0) is 12.0 Å². The van der Waals surface area contributed by atoms with Crippen molar-refractivity contribution in [2.24, 2.45) is 0 Å². The van der Waals surface area contributed by atoms with Crippen molar-refractivity contribution in [2.45, 2.75) is 30.6 Å². The van der Waals surface area contributed by atoms with Crippen LogP contribution in [0.25, 0.3) is 0 Å². The van der Waals surface area contributed by atoms with E-state index in [0.29, 0.717) is 0 Å². The summed E-state index contributed by atoms with van der Waals surface area (Å²) < 4.78 is 0. The number of nitrogens with zero attached hydrogens (tertiary/aromatic N) is 1. The second-order valence-electron chi connectivity index (χ2n) is 4.31. The van der Waals surface area contributed by atoms with Gasteiger partial charge in [0.1, 0.15) is 0 Å². The quantitative estimate of drug-likeness (QED) is 0.676. The molecule has 0 radical (unpaired) electrons. The van der Waals surface area contributed by atoms with Crippen molar-refractivity contribution >= 4 is 11.8 Å². The Balaban J connectivity index is 2.03. The molecule has 2 N–H and O–H groups in total. The van der Waals surface area contributed by atoms with Crippen LogP contribution in [0.15, 0.2) is 6.33 Å². The summed E-state index contributed by atoms with van der Waals surface area (Å²) in [5.41, 5.74) is 2.80. The fourth-order valence-corrected chi connectivity index (χ4v) is 3.94. The molecule has 4 heteroatoms. The van der Waals surface area contributed by atoms with Crippen LogP contribution in [0.1, 0.15) is 24.7 Å². The van der Waals surface area contributed by atoms with Crippen LogP contribution in [0.4, 0.5) is 0 Å². The SMILES string of the molecule is CC1CC2(CS1)NCCc1[nH]cnc12. The van der Waals surface area contributed by atoms with Gasteiger partial charge in [-0.05, 0) is 6.42 Å². The minimum atomic E-state index is 0.178. The van der Waals surface area contributed by atoms with E-state index in [1.54, 1.807) is 0 Å². The number of rotatable bonds is 0. The molecule has 1 spiro atoms. The van der Waals surface area contributed by atoms with Gasteiger partial charge in [-0.25, -0.2) is 4.98 Å². The molecular weight excluding hydrogens is 194 g/mol. The Hall–Kier alpha value is -0.480. The summed E-state index contributed by atoms with van der Waals surface area (Å²) in [7, 11) is 0. The Bertz CT molecular complexity index is 349. The lowest BCUT2D eigenvalue weighted by molar-refractivity contribution is 0.335. The maximum Gasteiger partial charge on any atom is 0.0926 e. The summed E-state index contributed by atoms with van der Waals surface area (Å²) in [5.74, 6) is 1.17. The van der Waals surface area contributed by atoms with Gasteiger partial charge in [0.05, 0.1) is 17.6 Å². The Kier molecular flexibility index (Phi) is 1.89. The molecule has 1 aromatic rings. The number of aromatic amines is 1. The Morgan fingerprint density at radius 3 is 3.36 bits per heavy atom. The third-order valence-corrected chi connectivity index (χ3v) is 4.66. The van der Waals surface area contributed by atoms with E-state index in [4.69, 9.17) is 0 Å². The molecule has 3 nitrogen and oxygen atoms in total. The summed E-state index contributed by atoms with van der Waals surface area (Å²) in [6.45, 7) is 3.39. The molecule has 1 saturated heterocycles. The molecule has 2 atom stereocenters. The molecule has 3 heterocycles. The van der Waals surface area contributed by atoms with Gasteiger partial charge in [-0.1, -0.05) is 6.92 Å². The molecule has 3 rings (SSSR count). The first kappa shape index (κ1) is 8.80. The van der Waals surface area contributed by atoms with Crippen LogP contribution in [0.5, 0.6) is 0 Å². The summed E-state index contributed by atoms with van der Waals surface area (Å²) >= 11 is 2.05. The highest BCUT2D eigenvalue weighted by Crippen LogP contribution is 2.42. The average molecular weight is 209 g/mol. The van der Waals surface area contributed by atoms with Gasteiger partial charge in [0.15, 0.2) is 0 Å². The van der Waals surface area contributed by atoms with Crippen molar-refractivity contribution in [1.29, 1.82) is 0 Å². The predicted octanol–water partition coefficient (Wildman–Crippen LogP) is 1.28. The maximum absolute atomic E-state index is 4.50. The van der Waals surface area contributed by atoms with Crippen molar-refractivity contribution in [1.82, 2.24) is 15.3 Å². The first-order valence-electron chi connectivity index (χ1n) is 5.19. The Morgan fingerprint density at radius 1 is 1.64 bits per heavy atom. The van der Waals surface area contributed by atoms with Gasteiger partial charge in [-0.2, -0.15) is 11.8 Å².